The topological polar surface area (TPSA) is 3.24 Å². The van der Waals surface area contributed by atoms with Crippen molar-refractivity contribution in [3.63, 3.8) is 0 Å². The highest BCUT2D eigenvalue weighted by molar-refractivity contribution is 8.00. The molecule has 0 spiro atoms. The minimum Gasteiger partial charge on any atom is -0.369 e. The third kappa shape index (κ3) is 3.55. The van der Waals surface area contributed by atoms with E-state index in [1.807, 2.05) is 16.7 Å². The van der Waals surface area contributed by atoms with Gasteiger partial charge in [0.25, 0.3) is 0 Å². The number of halogens is 4. The SMILES string of the molecule is CC1CN(c2ccc(CCl)c(C(F)(F)F)c2)CC(C)S1. The fourth-order valence-corrected chi connectivity index (χ4v) is 4.09. The van der Waals surface area contributed by atoms with Crippen LogP contribution in [-0.2, 0) is 12.1 Å². The molecule has 2 rings (SSSR count). The molecule has 0 N–H and O–H groups in total. The van der Waals surface area contributed by atoms with Crippen LogP contribution in [0.1, 0.15) is 25.0 Å². The van der Waals surface area contributed by atoms with Gasteiger partial charge in [0.1, 0.15) is 0 Å². The minimum absolute atomic E-state index is 0.127. The zero-order valence-electron chi connectivity index (χ0n) is 11.4. The Balaban J connectivity index is 2.33. The molecule has 0 amide bonds. The molecule has 0 aliphatic carbocycles. The molecule has 1 fully saturated rings. The average Bonchev–Trinajstić information content (AvgIpc) is 2.35. The smallest absolute Gasteiger partial charge is 0.369 e. The van der Waals surface area contributed by atoms with Crippen LogP contribution in [0.15, 0.2) is 18.2 Å². The number of anilines is 1. The fraction of sp³-hybridized carbons (Fsp3) is 0.571. The highest BCUT2D eigenvalue weighted by Gasteiger charge is 2.34. The van der Waals surface area contributed by atoms with Crippen molar-refractivity contribution in [1.82, 2.24) is 0 Å². The minimum atomic E-state index is -4.36. The summed E-state index contributed by atoms with van der Waals surface area (Å²) in [5.41, 5.74) is 0.143. The van der Waals surface area contributed by atoms with E-state index in [-0.39, 0.29) is 11.4 Å². The molecule has 1 aromatic carbocycles. The quantitative estimate of drug-likeness (QED) is 0.721. The number of alkyl halides is 4. The number of nitrogens with zero attached hydrogens (tertiary/aromatic N) is 1. The van der Waals surface area contributed by atoms with E-state index in [2.05, 4.69) is 13.8 Å². The molecule has 1 aliphatic rings. The maximum Gasteiger partial charge on any atom is 0.416 e. The van der Waals surface area contributed by atoms with Gasteiger partial charge >= 0.3 is 6.18 Å². The first-order chi connectivity index (χ1) is 9.31. The van der Waals surface area contributed by atoms with Crippen LogP contribution < -0.4 is 4.90 Å². The van der Waals surface area contributed by atoms with Gasteiger partial charge in [0.2, 0.25) is 0 Å². The number of hydrogen-bond acceptors (Lipinski definition) is 2. The lowest BCUT2D eigenvalue weighted by atomic mass is 10.1. The monoisotopic (exact) mass is 323 g/mol. The molecular weight excluding hydrogens is 307 g/mol. The van der Waals surface area contributed by atoms with Crippen molar-refractivity contribution < 1.29 is 13.2 Å². The number of benzene rings is 1. The van der Waals surface area contributed by atoms with Crippen LogP contribution in [0.5, 0.6) is 0 Å². The van der Waals surface area contributed by atoms with Crippen LogP contribution >= 0.6 is 23.4 Å². The molecule has 6 heteroatoms. The van der Waals surface area contributed by atoms with E-state index < -0.39 is 11.7 Å². The summed E-state index contributed by atoms with van der Waals surface area (Å²) in [7, 11) is 0. The Morgan fingerprint density at radius 1 is 1.25 bits per heavy atom. The Bertz CT molecular complexity index is 468. The zero-order chi connectivity index (χ0) is 14.9. The average molecular weight is 324 g/mol. The number of thioether (sulfide) groups is 1. The normalized spacial score (nSPS) is 24.0. The highest BCUT2D eigenvalue weighted by atomic mass is 35.5. The van der Waals surface area contributed by atoms with Crippen LogP contribution in [0.25, 0.3) is 0 Å². The summed E-state index contributed by atoms with van der Waals surface area (Å²) < 4.78 is 39.2. The molecule has 0 aromatic heterocycles. The van der Waals surface area contributed by atoms with Crippen LogP contribution in [0.4, 0.5) is 18.9 Å². The summed E-state index contributed by atoms with van der Waals surface area (Å²) in [5, 5.41) is 0.835. The summed E-state index contributed by atoms with van der Waals surface area (Å²) in [6.45, 7) is 5.75. The van der Waals surface area contributed by atoms with Gasteiger partial charge < -0.3 is 4.90 Å². The van der Waals surface area contributed by atoms with Gasteiger partial charge in [0.05, 0.1) is 5.56 Å². The molecule has 112 valence electrons. The van der Waals surface area contributed by atoms with Crippen LogP contribution in [0, 0.1) is 0 Å². The van der Waals surface area contributed by atoms with Crippen molar-refractivity contribution >= 4 is 29.1 Å². The Labute approximate surface area is 126 Å². The number of rotatable bonds is 2. The first-order valence-electron chi connectivity index (χ1n) is 6.47. The van der Waals surface area contributed by atoms with Crippen molar-refractivity contribution in [3.05, 3.63) is 29.3 Å². The molecule has 2 atom stereocenters. The summed E-state index contributed by atoms with van der Waals surface area (Å²) >= 11 is 7.48. The molecule has 0 radical (unpaired) electrons. The van der Waals surface area contributed by atoms with Crippen molar-refractivity contribution in [3.8, 4) is 0 Å². The van der Waals surface area contributed by atoms with Gasteiger partial charge in [-0.15, -0.1) is 11.6 Å². The number of hydrogen-bond donors (Lipinski definition) is 0. The Morgan fingerprint density at radius 3 is 2.35 bits per heavy atom. The maximum atomic E-state index is 13.1. The largest absolute Gasteiger partial charge is 0.416 e. The van der Waals surface area contributed by atoms with Crippen LogP contribution in [0.2, 0.25) is 0 Å². The fourth-order valence-electron chi connectivity index (χ4n) is 2.53. The zero-order valence-corrected chi connectivity index (χ0v) is 12.9. The van der Waals surface area contributed by atoms with Gasteiger partial charge in [-0.05, 0) is 17.7 Å². The second-order valence-electron chi connectivity index (χ2n) is 5.14. The maximum absolute atomic E-state index is 13.1. The molecule has 20 heavy (non-hydrogen) atoms. The first kappa shape index (κ1) is 15.8. The summed E-state index contributed by atoms with van der Waals surface area (Å²) in [4.78, 5) is 2.03. The molecule has 2 unspecified atom stereocenters. The predicted octanol–water partition coefficient (Wildman–Crippen LogP) is 4.77. The van der Waals surface area contributed by atoms with Gasteiger partial charge in [-0.3, -0.25) is 0 Å². The lowest BCUT2D eigenvalue weighted by Gasteiger charge is -2.36. The van der Waals surface area contributed by atoms with Crippen molar-refractivity contribution in [2.75, 3.05) is 18.0 Å². The molecule has 1 heterocycles. The van der Waals surface area contributed by atoms with Gasteiger partial charge in [-0.25, -0.2) is 0 Å². The molecule has 1 aliphatic heterocycles. The van der Waals surface area contributed by atoms with Crippen molar-refractivity contribution in [1.29, 1.82) is 0 Å². The lowest BCUT2D eigenvalue weighted by Crippen LogP contribution is -2.40. The van der Waals surface area contributed by atoms with E-state index >= 15 is 0 Å². The second-order valence-corrected chi connectivity index (χ2v) is 7.28. The summed E-state index contributed by atoms with van der Waals surface area (Å²) in [6.07, 6.45) is -4.36. The van der Waals surface area contributed by atoms with Crippen molar-refractivity contribution in [2.45, 2.75) is 36.4 Å². The van der Waals surface area contributed by atoms with Gasteiger partial charge in [0, 0.05) is 35.2 Å². The third-order valence-electron chi connectivity index (χ3n) is 3.33. The molecule has 1 aromatic rings. The molecule has 0 bridgehead atoms. The van der Waals surface area contributed by atoms with E-state index in [9.17, 15) is 13.2 Å². The van der Waals surface area contributed by atoms with E-state index in [1.54, 1.807) is 6.07 Å². The van der Waals surface area contributed by atoms with E-state index in [1.165, 1.54) is 12.1 Å². The summed E-state index contributed by atoms with van der Waals surface area (Å²) in [5.74, 6) is -0.127. The van der Waals surface area contributed by atoms with Gasteiger partial charge in [-0.1, -0.05) is 19.9 Å². The van der Waals surface area contributed by atoms with Gasteiger partial charge in [-0.2, -0.15) is 24.9 Å². The molecule has 0 saturated carbocycles. The molecular formula is C14H17ClF3NS. The van der Waals surface area contributed by atoms with E-state index in [0.29, 0.717) is 16.2 Å². The van der Waals surface area contributed by atoms with Crippen LogP contribution in [-0.4, -0.2) is 23.6 Å². The van der Waals surface area contributed by atoms with Gasteiger partial charge in [0.15, 0.2) is 0 Å². The standard InChI is InChI=1S/C14H17ClF3NS/c1-9-7-19(8-10(2)20-9)12-4-3-11(6-15)13(5-12)14(16,17)18/h3-5,9-10H,6-8H2,1-2H3. The third-order valence-corrected chi connectivity index (χ3v) is 4.84. The first-order valence-corrected chi connectivity index (χ1v) is 7.95. The molecule has 1 saturated heterocycles. The summed E-state index contributed by atoms with van der Waals surface area (Å²) in [6, 6.07) is 4.46. The second kappa shape index (κ2) is 6.06. The Hall–Kier alpha value is -0.550. The van der Waals surface area contributed by atoms with E-state index in [4.69, 9.17) is 11.6 Å². The molecule has 1 nitrogen and oxygen atoms in total. The lowest BCUT2D eigenvalue weighted by molar-refractivity contribution is -0.138. The predicted molar refractivity (Wildman–Crippen MR) is 79.7 cm³/mol. The Morgan fingerprint density at radius 2 is 1.85 bits per heavy atom. The Kier molecular flexibility index (Phi) is 4.80. The van der Waals surface area contributed by atoms with Crippen LogP contribution in [0.3, 0.4) is 0 Å². The highest BCUT2D eigenvalue weighted by Crippen LogP contribution is 2.36. The van der Waals surface area contributed by atoms with E-state index in [0.717, 1.165) is 13.1 Å². The van der Waals surface area contributed by atoms with Crippen molar-refractivity contribution in [2.24, 2.45) is 0 Å².